The Kier molecular flexibility index (Phi) is 2.83. The Bertz CT molecular complexity index is 622. The lowest BCUT2D eigenvalue weighted by Crippen LogP contribution is -2.25. The van der Waals surface area contributed by atoms with Gasteiger partial charge in [-0.05, 0) is 31.2 Å². The summed E-state index contributed by atoms with van der Waals surface area (Å²) in [5.41, 5.74) is 2.52. The number of carbonyl (C=O) groups is 1. The van der Waals surface area contributed by atoms with Crippen molar-refractivity contribution in [3.63, 3.8) is 0 Å². The molecule has 2 aromatic rings. The second-order valence-electron chi connectivity index (χ2n) is 4.43. The second kappa shape index (κ2) is 4.65. The number of nitrogens with zero attached hydrogens (tertiary/aromatic N) is 3. The number of carbonyl (C=O) groups excluding carboxylic acids is 1. The average Bonchev–Trinajstić information content (AvgIpc) is 2.77. The molecule has 1 unspecified atom stereocenters. The summed E-state index contributed by atoms with van der Waals surface area (Å²) in [5.74, 6) is -0.236. The number of anilines is 1. The van der Waals surface area contributed by atoms with Gasteiger partial charge in [-0.1, -0.05) is 18.2 Å². The molecule has 0 bridgehead atoms. The van der Waals surface area contributed by atoms with Crippen LogP contribution >= 0.6 is 0 Å². The maximum absolute atomic E-state index is 12.3. The molecule has 0 saturated heterocycles. The highest BCUT2D eigenvalue weighted by molar-refractivity contribution is 6.21. The van der Waals surface area contributed by atoms with E-state index in [0.29, 0.717) is 0 Å². The topological polar surface area (TPSA) is 45.6 Å². The molecule has 0 N–H and O–H groups in total. The zero-order valence-corrected chi connectivity index (χ0v) is 10.5. The van der Waals surface area contributed by atoms with E-state index in [4.69, 9.17) is 0 Å². The Labute approximate surface area is 111 Å². The van der Waals surface area contributed by atoms with Gasteiger partial charge in [0.15, 0.2) is 0 Å². The highest BCUT2D eigenvalue weighted by Crippen LogP contribution is 2.25. The lowest BCUT2D eigenvalue weighted by Gasteiger charge is -2.11. The van der Waals surface area contributed by atoms with Crippen molar-refractivity contribution in [2.75, 3.05) is 5.01 Å². The van der Waals surface area contributed by atoms with Gasteiger partial charge in [-0.25, -0.2) is 0 Å². The highest BCUT2D eigenvalue weighted by atomic mass is 16.2. The van der Waals surface area contributed by atoms with Gasteiger partial charge in [0.25, 0.3) is 5.91 Å². The number of hydrogen-bond acceptors (Lipinski definition) is 3. The zero-order valence-electron chi connectivity index (χ0n) is 10.5. The minimum atomic E-state index is -0.234. The molecule has 4 heteroatoms. The van der Waals surface area contributed by atoms with Crippen molar-refractivity contribution in [1.82, 2.24) is 4.98 Å². The number of aromatic nitrogens is 1. The van der Waals surface area contributed by atoms with Gasteiger partial charge in [0.2, 0.25) is 0 Å². The molecule has 4 nitrogen and oxygen atoms in total. The van der Waals surface area contributed by atoms with Crippen LogP contribution in [0, 0.1) is 5.92 Å². The number of hydrogen-bond donors (Lipinski definition) is 0. The quantitative estimate of drug-likeness (QED) is 0.823. The summed E-state index contributed by atoms with van der Waals surface area (Å²) in [6.07, 6.45) is 3.42. The normalized spacial score (nSPS) is 18.6. The van der Waals surface area contributed by atoms with Crippen LogP contribution in [0.1, 0.15) is 12.5 Å². The van der Waals surface area contributed by atoms with Crippen LogP contribution in [-0.4, -0.2) is 16.6 Å². The molecule has 0 aliphatic carbocycles. The van der Waals surface area contributed by atoms with Crippen LogP contribution in [0.5, 0.6) is 0 Å². The SMILES string of the molecule is CC1C(=O)N(c2ccccc2)N=C1c1ccncc1. The molecule has 0 fully saturated rings. The summed E-state index contributed by atoms with van der Waals surface area (Å²) >= 11 is 0. The molecule has 19 heavy (non-hydrogen) atoms. The Balaban J connectivity index is 2.01. The molecule has 1 aromatic heterocycles. The molecular formula is C15H13N3O. The van der Waals surface area contributed by atoms with E-state index in [1.54, 1.807) is 12.4 Å². The third kappa shape index (κ3) is 2.01. The summed E-state index contributed by atoms with van der Waals surface area (Å²) in [5, 5.41) is 5.94. The molecule has 0 saturated carbocycles. The minimum Gasteiger partial charge on any atom is -0.272 e. The molecule has 1 atom stereocenters. The third-order valence-corrected chi connectivity index (χ3v) is 3.17. The van der Waals surface area contributed by atoms with Crippen LogP contribution in [0.3, 0.4) is 0 Å². The van der Waals surface area contributed by atoms with Gasteiger partial charge in [0.05, 0.1) is 17.3 Å². The third-order valence-electron chi connectivity index (χ3n) is 3.17. The van der Waals surface area contributed by atoms with Crippen molar-refractivity contribution >= 4 is 17.3 Å². The maximum atomic E-state index is 12.3. The predicted molar refractivity (Wildman–Crippen MR) is 73.9 cm³/mol. The van der Waals surface area contributed by atoms with Gasteiger partial charge in [-0.3, -0.25) is 9.78 Å². The molecule has 3 rings (SSSR count). The lowest BCUT2D eigenvalue weighted by molar-refractivity contribution is -0.119. The van der Waals surface area contributed by atoms with Crippen LogP contribution in [-0.2, 0) is 4.79 Å². The molecule has 1 aromatic carbocycles. The summed E-state index contributed by atoms with van der Waals surface area (Å²) in [4.78, 5) is 16.3. The lowest BCUT2D eigenvalue weighted by atomic mass is 10.00. The van der Waals surface area contributed by atoms with Crippen molar-refractivity contribution in [2.45, 2.75) is 6.92 Å². The van der Waals surface area contributed by atoms with E-state index in [2.05, 4.69) is 10.1 Å². The molecule has 2 heterocycles. The number of amides is 1. The van der Waals surface area contributed by atoms with Gasteiger partial charge in [-0.2, -0.15) is 10.1 Å². The number of pyridine rings is 1. The van der Waals surface area contributed by atoms with E-state index in [9.17, 15) is 4.79 Å². The van der Waals surface area contributed by atoms with Crippen LogP contribution in [0.4, 0.5) is 5.69 Å². The first kappa shape index (κ1) is 11.6. The Morgan fingerprint density at radius 3 is 2.42 bits per heavy atom. The molecule has 1 aliphatic rings. The first-order valence-electron chi connectivity index (χ1n) is 6.15. The number of rotatable bonds is 2. The largest absolute Gasteiger partial charge is 0.272 e. The minimum absolute atomic E-state index is 0.00184. The summed E-state index contributed by atoms with van der Waals surface area (Å²) in [6, 6.07) is 13.2. The van der Waals surface area contributed by atoms with E-state index in [1.165, 1.54) is 5.01 Å². The van der Waals surface area contributed by atoms with Gasteiger partial charge in [-0.15, -0.1) is 0 Å². The number of benzene rings is 1. The summed E-state index contributed by atoms with van der Waals surface area (Å²) < 4.78 is 0. The van der Waals surface area contributed by atoms with E-state index >= 15 is 0 Å². The van der Waals surface area contributed by atoms with Crippen molar-refractivity contribution < 1.29 is 4.79 Å². The maximum Gasteiger partial charge on any atom is 0.256 e. The molecule has 0 radical (unpaired) electrons. The molecule has 1 aliphatic heterocycles. The monoisotopic (exact) mass is 251 g/mol. The summed E-state index contributed by atoms with van der Waals surface area (Å²) in [6.45, 7) is 1.88. The first-order valence-corrected chi connectivity index (χ1v) is 6.15. The van der Waals surface area contributed by atoms with Crippen LogP contribution in [0.15, 0.2) is 60.0 Å². The van der Waals surface area contributed by atoms with Gasteiger partial charge < -0.3 is 0 Å². The van der Waals surface area contributed by atoms with Crippen molar-refractivity contribution in [3.05, 3.63) is 60.4 Å². The van der Waals surface area contributed by atoms with E-state index < -0.39 is 0 Å². The zero-order chi connectivity index (χ0) is 13.2. The van der Waals surface area contributed by atoms with Gasteiger partial charge in [0.1, 0.15) is 0 Å². The smallest absolute Gasteiger partial charge is 0.256 e. The number of hydrazone groups is 1. The Hall–Kier alpha value is -2.49. The van der Waals surface area contributed by atoms with Crippen LogP contribution < -0.4 is 5.01 Å². The summed E-state index contributed by atoms with van der Waals surface area (Å²) in [7, 11) is 0. The predicted octanol–water partition coefficient (Wildman–Crippen LogP) is 2.47. The van der Waals surface area contributed by atoms with E-state index in [1.807, 2.05) is 49.4 Å². The van der Waals surface area contributed by atoms with Gasteiger partial charge >= 0.3 is 0 Å². The van der Waals surface area contributed by atoms with Gasteiger partial charge in [0, 0.05) is 18.0 Å². The molecular weight excluding hydrogens is 238 g/mol. The Morgan fingerprint density at radius 2 is 1.74 bits per heavy atom. The van der Waals surface area contributed by atoms with Crippen LogP contribution in [0.2, 0.25) is 0 Å². The Morgan fingerprint density at radius 1 is 1.05 bits per heavy atom. The fourth-order valence-electron chi connectivity index (χ4n) is 2.13. The molecule has 94 valence electrons. The van der Waals surface area contributed by atoms with Crippen LogP contribution in [0.25, 0.3) is 0 Å². The first-order chi connectivity index (χ1) is 9.27. The highest BCUT2D eigenvalue weighted by Gasteiger charge is 2.33. The second-order valence-corrected chi connectivity index (χ2v) is 4.43. The van der Waals surface area contributed by atoms with Crippen molar-refractivity contribution in [1.29, 1.82) is 0 Å². The van der Waals surface area contributed by atoms with Crippen molar-refractivity contribution in [3.8, 4) is 0 Å². The van der Waals surface area contributed by atoms with Crippen molar-refractivity contribution in [2.24, 2.45) is 11.0 Å². The standard InChI is InChI=1S/C15H13N3O/c1-11-14(12-7-9-16-10-8-12)17-18(15(11)19)13-5-3-2-4-6-13/h2-11H,1H3. The fraction of sp³-hybridized carbons (Fsp3) is 0.133. The molecule has 0 spiro atoms. The van der Waals surface area contributed by atoms with E-state index in [-0.39, 0.29) is 11.8 Å². The molecule has 1 amide bonds. The fourth-order valence-corrected chi connectivity index (χ4v) is 2.13. The average molecular weight is 251 g/mol. The number of para-hydroxylation sites is 1. The van der Waals surface area contributed by atoms with E-state index in [0.717, 1.165) is 17.0 Å².